The molecule has 0 N–H and O–H groups in total. The van der Waals surface area contributed by atoms with Gasteiger partial charge in [0.05, 0.1) is 7.11 Å². The summed E-state index contributed by atoms with van der Waals surface area (Å²) in [7, 11) is 1.34. The topological polar surface area (TPSA) is 53.1 Å². The summed E-state index contributed by atoms with van der Waals surface area (Å²) in [5.74, 6) is -0.634. The summed E-state index contributed by atoms with van der Waals surface area (Å²) in [5, 5.41) is 3.14. The summed E-state index contributed by atoms with van der Waals surface area (Å²) in [6.07, 6.45) is 1.98. The molecule has 2 aliphatic heterocycles. The van der Waals surface area contributed by atoms with Gasteiger partial charge < -0.3 is 14.5 Å². The van der Waals surface area contributed by atoms with Crippen molar-refractivity contribution in [2.75, 3.05) is 56.2 Å². The molecule has 0 aliphatic carbocycles. The van der Waals surface area contributed by atoms with Crippen LogP contribution in [0.5, 0.6) is 0 Å². The Morgan fingerprint density at radius 3 is 2.68 bits per heavy atom. The SMILES string of the molecule is COC(=O)CN1C(=O)CCc2ccc(CCN3CCN(c4cc(F)cc5sccc45)CC3)cc21. The fourth-order valence-electron chi connectivity index (χ4n) is 4.89. The van der Waals surface area contributed by atoms with Gasteiger partial charge in [-0.1, -0.05) is 12.1 Å². The Morgan fingerprint density at radius 1 is 1.06 bits per heavy atom. The monoisotopic (exact) mass is 481 g/mol. The number of fused-ring (bicyclic) bond motifs is 2. The number of hydrogen-bond donors (Lipinski definition) is 0. The first kappa shape index (κ1) is 22.8. The zero-order valence-corrected chi connectivity index (χ0v) is 20.1. The van der Waals surface area contributed by atoms with Crippen molar-refractivity contribution < 1.29 is 18.7 Å². The van der Waals surface area contributed by atoms with Crippen LogP contribution in [-0.4, -0.2) is 63.2 Å². The van der Waals surface area contributed by atoms with Gasteiger partial charge in [0, 0.05) is 60.6 Å². The summed E-state index contributed by atoms with van der Waals surface area (Å²) in [5.41, 5.74) is 4.06. The first-order valence-corrected chi connectivity index (χ1v) is 12.5. The van der Waals surface area contributed by atoms with Gasteiger partial charge in [-0.2, -0.15) is 0 Å². The minimum atomic E-state index is -0.414. The molecule has 0 radical (unpaired) electrons. The second-order valence-electron chi connectivity index (χ2n) is 8.86. The van der Waals surface area contributed by atoms with E-state index in [9.17, 15) is 14.0 Å². The van der Waals surface area contributed by atoms with E-state index < -0.39 is 5.97 Å². The minimum Gasteiger partial charge on any atom is -0.468 e. The number of anilines is 2. The first-order valence-electron chi connectivity index (χ1n) is 11.6. The third-order valence-corrected chi connectivity index (χ3v) is 7.67. The number of methoxy groups -OCH3 is 1. The van der Waals surface area contributed by atoms with Crippen LogP contribution in [0.3, 0.4) is 0 Å². The lowest BCUT2D eigenvalue weighted by Crippen LogP contribution is -2.47. The molecule has 0 saturated carbocycles. The highest BCUT2D eigenvalue weighted by atomic mass is 32.1. The summed E-state index contributed by atoms with van der Waals surface area (Å²) in [6.45, 7) is 4.42. The number of benzene rings is 2. The molecule has 1 aromatic heterocycles. The lowest BCUT2D eigenvalue weighted by atomic mass is 9.98. The van der Waals surface area contributed by atoms with E-state index in [2.05, 4.69) is 28.0 Å². The molecular weight excluding hydrogens is 453 g/mol. The predicted molar refractivity (Wildman–Crippen MR) is 133 cm³/mol. The molecule has 1 fully saturated rings. The predicted octanol–water partition coefficient (Wildman–Crippen LogP) is 3.86. The molecule has 34 heavy (non-hydrogen) atoms. The molecule has 6 nitrogen and oxygen atoms in total. The maximum absolute atomic E-state index is 14.1. The molecular formula is C26H28FN3O3S. The number of amides is 1. The van der Waals surface area contributed by atoms with Gasteiger partial charge in [0.15, 0.2) is 0 Å². The van der Waals surface area contributed by atoms with E-state index in [0.29, 0.717) is 12.8 Å². The Bertz CT molecular complexity index is 1220. The highest BCUT2D eigenvalue weighted by Crippen LogP contribution is 2.33. The van der Waals surface area contributed by atoms with Crippen molar-refractivity contribution in [3.05, 3.63) is 58.7 Å². The number of nitrogens with zero attached hydrogens (tertiary/aromatic N) is 3. The van der Waals surface area contributed by atoms with Crippen LogP contribution in [0.4, 0.5) is 15.8 Å². The number of esters is 1. The molecule has 178 valence electrons. The molecule has 0 unspecified atom stereocenters. The van der Waals surface area contributed by atoms with Gasteiger partial charge in [0.1, 0.15) is 12.4 Å². The van der Waals surface area contributed by atoms with Crippen LogP contribution >= 0.6 is 11.3 Å². The number of carbonyl (C=O) groups excluding carboxylic acids is 2. The Labute approximate surface area is 202 Å². The van der Waals surface area contributed by atoms with E-state index in [-0.39, 0.29) is 18.3 Å². The van der Waals surface area contributed by atoms with Crippen LogP contribution in [-0.2, 0) is 27.2 Å². The minimum absolute atomic E-state index is 0.0387. The standard InChI is InChI=1S/C26H28FN3O3S/c1-33-26(32)17-30-22-14-18(2-3-19(22)4-5-25(30)31)6-8-28-9-11-29(12-10-28)23-15-20(27)16-24-21(23)7-13-34-24/h2-3,7,13-16H,4-6,8-12,17H2,1H3. The smallest absolute Gasteiger partial charge is 0.325 e. The average Bonchev–Trinajstić information content (AvgIpc) is 3.32. The Hall–Kier alpha value is -2.97. The zero-order chi connectivity index (χ0) is 23.7. The third kappa shape index (κ3) is 4.65. The molecule has 1 saturated heterocycles. The van der Waals surface area contributed by atoms with Gasteiger partial charge in [0.2, 0.25) is 5.91 Å². The van der Waals surface area contributed by atoms with Crippen molar-refractivity contribution in [2.45, 2.75) is 19.3 Å². The number of piperazine rings is 1. The zero-order valence-electron chi connectivity index (χ0n) is 19.3. The fourth-order valence-corrected chi connectivity index (χ4v) is 5.72. The molecule has 1 amide bonds. The van der Waals surface area contributed by atoms with Crippen LogP contribution in [0.15, 0.2) is 41.8 Å². The maximum atomic E-state index is 14.1. The van der Waals surface area contributed by atoms with E-state index in [0.717, 1.165) is 71.7 Å². The van der Waals surface area contributed by atoms with Crippen molar-refractivity contribution >= 4 is 44.7 Å². The number of ether oxygens (including phenoxy) is 1. The van der Waals surface area contributed by atoms with Crippen LogP contribution in [0.2, 0.25) is 0 Å². The van der Waals surface area contributed by atoms with Gasteiger partial charge in [0.25, 0.3) is 0 Å². The molecule has 2 aliphatic rings. The van der Waals surface area contributed by atoms with Gasteiger partial charge in [-0.3, -0.25) is 14.5 Å². The summed E-state index contributed by atoms with van der Waals surface area (Å²) >= 11 is 1.57. The van der Waals surface area contributed by atoms with Crippen molar-refractivity contribution in [1.82, 2.24) is 4.90 Å². The Morgan fingerprint density at radius 2 is 1.88 bits per heavy atom. The summed E-state index contributed by atoms with van der Waals surface area (Å²) in [4.78, 5) is 30.5. The lowest BCUT2D eigenvalue weighted by Gasteiger charge is -2.36. The number of hydrogen-bond acceptors (Lipinski definition) is 6. The Kier molecular flexibility index (Phi) is 6.52. The van der Waals surface area contributed by atoms with Gasteiger partial charge in [-0.25, -0.2) is 4.39 Å². The van der Waals surface area contributed by atoms with Crippen molar-refractivity contribution in [3.8, 4) is 0 Å². The number of halogens is 1. The molecule has 0 spiro atoms. The number of aryl methyl sites for hydroxylation is 1. The molecule has 5 rings (SSSR count). The number of thiophene rings is 1. The molecule has 2 aromatic carbocycles. The maximum Gasteiger partial charge on any atom is 0.325 e. The first-order chi connectivity index (χ1) is 16.5. The Balaban J connectivity index is 1.21. The third-order valence-electron chi connectivity index (χ3n) is 6.81. The second kappa shape index (κ2) is 9.72. The average molecular weight is 482 g/mol. The van der Waals surface area contributed by atoms with E-state index in [4.69, 9.17) is 4.74 Å². The normalized spacial score (nSPS) is 16.7. The summed E-state index contributed by atoms with van der Waals surface area (Å²) < 4.78 is 19.9. The van der Waals surface area contributed by atoms with Gasteiger partial charge in [-0.05, 0) is 53.6 Å². The van der Waals surface area contributed by atoms with E-state index in [1.165, 1.54) is 7.11 Å². The molecule has 8 heteroatoms. The molecule has 0 atom stereocenters. The lowest BCUT2D eigenvalue weighted by molar-refractivity contribution is -0.140. The quantitative estimate of drug-likeness (QED) is 0.501. The molecule has 0 bridgehead atoms. The highest BCUT2D eigenvalue weighted by molar-refractivity contribution is 7.17. The van der Waals surface area contributed by atoms with Crippen LogP contribution in [0.1, 0.15) is 17.5 Å². The molecule has 3 aromatic rings. The van der Waals surface area contributed by atoms with Crippen LogP contribution in [0.25, 0.3) is 10.1 Å². The van der Waals surface area contributed by atoms with Crippen molar-refractivity contribution in [3.63, 3.8) is 0 Å². The molecule has 3 heterocycles. The van der Waals surface area contributed by atoms with Crippen LogP contribution in [0, 0.1) is 5.82 Å². The highest BCUT2D eigenvalue weighted by Gasteiger charge is 2.27. The van der Waals surface area contributed by atoms with Crippen molar-refractivity contribution in [2.24, 2.45) is 0 Å². The number of rotatable bonds is 6. The number of carbonyl (C=O) groups is 2. The van der Waals surface area contributed by atoms with E-state index >= 15 is 0 Å². The van der Waals surface area contributed by atoms with E-state index in [1.807, 2.05) is 11.4 Å². The van der Waals surface area contributed by atoms with Gasteiger partial charge in [-0.15, -0.1) is 11.3 Å². The summed E-state index contributed by atoms with van der Waals surface area (Å²) in [6, 6.07) is 11.6. The largest absolute Gasteiger partial charge is 0.468 e. The van der Waals surface area contributed by atoms with Gasteiger partial charge >= 0.3 is 5.97 Å². The second-order valence-corrected chi connectivity index (χ2v) is 9.80. The van der Waals surface area contributed by atoms with E-state index in [1.54, 1.807) is 28.4 Å². The van der Waals surface area contributed by atoms with Crippen LogP contribution < -0.4 is 9.80 Å². The fraction of sp³-hybridized carbons (Fsp3) is 0.385. The van der Waals surface area contributed by atoms with Crippen molar-refractivity contribution in [1.29, 1.82) is 0 Å².